The molecular formula is C13H26N2. The van der Waals surface area contributed by atoms with E-state index in [9.17, 15) is 0 Å². The first-order valence-corrected chi connectivity index (χ1v) is 6.50. The van der Waals surface area contributed by atoms with Crippen molar-refractivity contribution in [3.05, 3.63) is 0 Å². The molecule has 0 aromatic carbocycles. The second-order valence-electron chi connectivity index (χ2n) is 6.33. The molecule has 0 radical (unpaired) electrons. The van der Waals surface area contributed by atoms with Gasteiger partial charge in [-0.2, -0.15) is 0 Å². The first-order chi connectivity index (χ1) is 6.99. The smallest absolute Gasteiger partial charge is 0.0253 e. The third-order valence-electron chi connectivity index (χ3n) is 4.11. The molecule has 88 valence electrons. The van der Waals surface area contributed by atoms with Crippen molar-refractivity contribution in [2.24, 2.45) is 5.92 Å². The van der Waals surface area contributed by atoms with Crippen LogP contribution in [0.4, 0.5) is 0 Å². The molecule has 1 aliphatic carbocycles. The average Bonchev–Trinajstić information content (AvgIpc) is 1.98. The molecule has 2 nitrogen and oxygen atoms in total. The Kier molecular flexibility index (Phi) is 3.09. The Balaban J connectivity index is 2.05. The Morgan fingerprint density at radius 3 is 2.40 bits per heavy atom. The summed E-state index contributed by atoms with van der Waals surface area (Å²) in [5.41, 5.74) is 0.307. The fourth-order valence-electron chi connectivity index (χ4n) is 2.86. The molecule has 1 unspecified atom stereocenters. The van der Waals surface area contributed by atoms with Gasteiger partial charge in [0.15, 0.2) is 0 Å². The van der Waals surface area contributed by atoms with E-state index >= 15 is 0 Å². The zero-order valence-electron chi connectivity index (χ0n) is 10.7. The number of nitrogens with one attached hydrogen (secondary N) is 1. The molecule has 1 atom stereocenters. The van der Waals surface area contributed by atoms with Crippen LogP contribution in [0.25, 0.3) is 0 Å². The summed E-state index contributed by atoms with van der Waals surface area (Å²) >= 11 is 0. The Hall–Kier alpha value is -0.0800. The molecule has 0 spiro atoms. The van der Waals surface area contributed by atoms with Crippen LogP contribution in [-0.4, -0.2) is 35.6 Å². The van der Waals surface area contributed by atoms with Gasteiger partial charge in [-0.15, -0.1) is 0 Å². The van der Waals surface area contributed by atoms with E-state index in [0.29, 0.717) is 5.54 Å². The van der Waals surface area contributed by atoms with Crippen molar-refractivity contribution in [2.45, 2.75) is 64.6 Å². The maximum absolute atomic E-state index is 3.68. The summed E-state index contributed by atoms with van der Waals surface area (Å²) in [6.45, 7) is 11.8. The Morgan fingerprint density at radius 2 is 1.93 bits per heavy atom. The molecule has 0 amide bonds. The van der Waals surface area contributed by atoms with E-state index in [1.54, 1.807) is 0 Å². The lowest BCUT2D eigenvalue weighted by atomic mass is 9.84. The van der Waals surface area contributed by atoms with Gasteiger partial charge in [-0.05, 0) is 32.6 Å². The third kappa shape index (κ3) is 2.36. The van der Waals surface area contributed by atoms with Crippen molar-refractivity contribution in [1.29, 1.82) is 0 Å². The third-order valence-corrected chi connectivity index (χ3v) is 4.11. The van der Waals surface area contributed by atoms with Crippen molar-refractivity contribution in [3.63, 3.8) is 0 Å². The predicted octanol–water partition coefficient (Wildman–Crippen LogP) is 2.25. The molecule has 1 N–H and O–H groups in total. The molecule has 0 bridgehead atoms. The largest absolute Gasteiger partial charge is 0.309 e. The SMILES string of the molecule is CC(C)C1CNC(C)(C)CN1C1CCC1. The van der Waals surface area contributed by atoms with Gasteiger partial charge in [0.2, 0.25) is 0 Å². The minimum atomic E-state index is 0.307. The second kappa shape index (κ2) is 4.06. The van der Waals surface area contributed by atoms with Crippen LogP contribution in [0.3, 0.4) is 0 Å². The highest BCUT2D eigenvalue weighted by molar-refractivity contribution is 4.97. The normalized spacial score (nSPS) is 33.0. The van der Waals surface area contributed by atoms with Gasteiger partial charge in [0.1, 0.15) is 0 Å². The van der Waals surface area contributed by atoms with Crippen molar-refractivity contribution < 1.29 is 0 Å². The van der Waals surface area contributed by atoms with Crippen molar-refractivity contribution in [2.75, 3.05) is 13.1 Å². The summed E-state index contributed by atoms with van der Waals surface area (Å²) < 4.78 is 0. The predicted molar refractivity (Wildman–Crippen MR) is 65.1 cm³/mol. The molecule has 1 saturated heterocycles. The zero-order chi connectivity index (χ0) is 11.1. The Morgan fingerprint density at radius 1 is 1.27 bits per heavy atom. The lowest BCUT2D eigenvalue weighted by molar-refractivity contribution is 0.00282. The van der Waals surface area contributed by atoms with Gasteiger partial charge < -0.3 is 5.32 Å². The highest BCUT2D eigenvalue weighted by Gasteiger charge is 2.39. The summed E-state index contributed by atoms with van der Waals surface area (Å²) in [5.74, 6) is 0.772. The van der Waals surface area contributed by atoms with E-state index in [2.05, 4.69) is 37.9 Å². The maximum Gasteiger partial charge on any atom is 0.0253 e. The molecule has 0 aromatic heterocycles. The molecule has 15 heavy (non-hydrogen) atoms. The van der Waals surface area contributed by atoms with Gasteiger partial charge >= 0.3 is 0 Å². The van der Waals surface area contributed by atoms with Gasteiger partial charge in [-0.25, -0.2) is 0 Å². The molecule has 2 fully saturated rings. The number of nitrogens with zero attached hydrogens (tertiary/aromatic N) is 1. The summed E-state index contributed by atoms with van der Waals surface area (Å²) in [5, 5.41) is 3.68. The molecule has 0 aromatic rings. The number of hydrogen-bond donors (Lipinski definition) is 1. The number of piperazine rings is 1. The van der Waals surface area contributed by atoms with Crippen LogP contribution in [0.15, 0.2) is 0 Å². The first kappa shape index (κ1) is 11.4. The minimum absolute atomic E-state index is 0.307. The van der Waals surface area contributed by atoms with Gasteiger partial charge in [0.05, 0.1) is 0 Å². The highest BCUT2D eigenvalue weighted by atomic mass is 15.3. The standard InChI is InChI=1S/C13H26N2/c1-10(2)12-8-14-13(3,4)9-15(12)11-6-5-7-11/h10-12,14H,5-9H2,1-4H3. The quantitative estimate of drug-likeness (QED) is 0.752. The van der Waals surface area contributed by atoms with Crippen LogP contribution in [0.2, 0.25) is 0 Å². The lowest BCUT2D eigenvalue weighted by Gasteiger charge is -2.52. The van der Waals surface area contributed by atoms with E-state index < -0.39 is 0 Å². The first-order valence-electron chi connectivity index (χ1n) is 6.50. The van der Waals surface area contributed by atoms with Crippen molar-refractivity contribution in [1.82, 2.24) is 10.2 Å². The molecule has 2 aliphatic rings. The fourth-order valence-corrected chi connectivity index (χ4v) is 2.86. The van der Waals surface area contributed by atoms with Gasteiger partial charge in [-0.1, -0.05) is 20.3 Å². The summed E-state index contributed by atoms with van der Waals surface area (Å²) in [7, 11) is 0. The molecule has 2 heteroatoms. The topological polar surface area (TPSA) is 15.3 Å². The molecular weight excluding hydrogens is 184 g/mol. The van der Waals surface area contributed by atoms with Crippen LogP contribution in [0.5, 0.6) is 0 Å². The number of rotatable bonds is 2. The monoisotopic (exact) mass is 210 g/mol. The van der Waals surface area contributed by atoms with E-state index in [0.717, 1.165) is 18.0 Å². The number of hydrogen-bond acceptors (Lipinski definition) is 2. The summed E-state index contributed by atoms with van der Waals surface area (Å²) in [4.78, 5) is 2.78. The van der Waals surface area contributed by atoms with Crippen LogP contribution in [0, 0.1) is 5.92 Å². The van der Waals surface area contributed by atoms with Crippen molar-refractivity contribution >= 4 is 0 Å². The van der Waals surface area contributed by atoms with E-state index in [1.807, 2.05) is 0 Å². The van der Waals surface area contributed by atoms with Gasteiger partial charge in [-0.3, -0.25) is 4.90 Å². The second-order valence-corrected chi connectivity index (χ2v) is 6.33. The summed E-state index contributed by atoms with van der Waals surface area (Å²) in [6, 6.07) is 1.64. The average molecular weight is 210 g/mol. The highest BCUT2D eigenvalue weighted by Crippen LogP contribution is 2.31. The van der Waals surface area contributed by atoms with E-state index in [4.69, 9.17) is 0 Å². The van der Waals surface area contributed by atoms with Crippen LogP contribution >= 0.6 is 0 Å². The van der Waals surface area contributed by atoms with Crippen molar-refractivity contribution in [3.8, 4) is 0 Å². The van der Waals surface area contributed by atoms with Crippen LogP contribution < -0.4 is 5.32 Å². The van der Waals surface area contributed by atoms with E-state index in [-0.39, 0.29) is 0 Å². The van der Waals surface area contributed by atoms with E-state index in [1.165, 1.54) is 32.4 Å². The fraction of sp³-hybridized carbons (Fsp3) is 1.00. The Labute approximate surface area is 94.4 Å². The zero-order valence-corrected chi connectivity index (χ0v) is 10.7. The Bertz CT molecular complexity index is 219. The molecule has 1 heterocycles. The maximum atomic E-state index is 3.68. The lowest BCUT2D eigenvalue weighted by Crippen LogP contribution is -2.66. The molecule has 2 rings (SSSR count). The molecule has 1 saturated carbocycles. The summed E-state index contributed by atoms with van der Waals surface area (Å²) in [6.07, 6.45) is 4.30. The minimum Gasteiger partial charge on any atom is -0.309 e. The molecule has 1 aliphatic heterocycles. The van der Waals surface area contributed by atoms with Crippen LogP contribution in [0.1, 0.15) is 47.0 Å². The van der Waals surface area contributed by atoms with Gasteiger partial charge in [0, 0.05) is 30.7 Å². The van der Waals surface area contributed by atoms with Gasteiger partial charge in [0.25, 0.3) is 0 Å². The van der Waals surface area contributed by atoms with Crippen LogP contribution in [-0.2, 0) is 0 Å².